The summed E-state index contributed by atoms with van der Waals surface area (Å²) in [7, 11) is -3.75. The lowest BCUT2D eigenvalue weighted by Gasteiger charge is -2.23. The zero-order chi connectivity index (χ0) is 43.4. The van der Waals surface area contributed by atoms with Crippen molar-refractivity contribution in [3.8, 4) is 0 Å². The highest BCUT2D eigenvalue weighted by Gasteiger charge is 2.26. The van der Waals surface area contributed by atoms with Crippen LogP contribution in [0.2, 0.25) is 0 Å². The van der Waals surface area contributed by atoms with Crippen LogP contribution in [-0.4, -0.2) is 29.9 Å². The van der Waals surface area contributed by atoms with E-state index in [2.05, 4.69) is 144 Å². The first-order chi connectivity index (χ1) is 27.4. The second kappa shape index (κ2) is 24.9. The molecular formula is C58H94O3S3. The Morgan fingerprint density at radius 3 is 1.44 bits per heavy atom. The molecule has 1 atom stereocenters. The Hall–Kier alpha value is -2.67. The summed E-state index contributed by atoms with van der Waals surface area (Å²) in [5.41, 5.74) is 13.4. The smallest absolute Gasteiger partial charge is 0.178 e. The second-order valence-electron chi connectivity index (χ2n) is 21.2. The highest BCUT2D eigenvalue weighted by Crippen LogP contribution is 2.35. The molecule has 0 aromatic heterocycles. The van der Waals surface area contributed by atoms with Gasteiger partial charge in [0.1, 0.15) is 0 Å². The number of hydrogen-bond donors (Lipinski definition) is 0. The van der Waals surface area contributed by atoms with E-state index in [4.69, 9.17) is 0 Å². The maximum absolute atomic E-state index is 11.8. The average molecular weight is 936 g/mol. The van der Waals surface area contributed by atoms with Gasteiger partial charge in [-0.05, 0) is 160 Å². The summed E-state index contributed by atoms with van der Waals surface area (Å²) in [6.07, 6.45) is 11.7. The van der Waals surface area contributed by atoms with Gasteiger partial charge in [0.05, 0.1) is 21.4 Å². The van der Waals surface area contributed by atoms with Crippen molar-refractivity contribution in [3.63, 3.8) is 0 Å². The molecule has 0 radical (unpaired) electrons. The summed E-state index contributed by atoms with van der Waals surface area (Å²) in [6, 6.07) is 26.3. The van der Waals surface area contributed by atoms with E-state index in [1.807, 2.05) is 17.8 Å². The quantitative estimate of drug-likeness (QED) is 0.176. The maximum Gasteiger partial charge on any atom is 0.178 e. The summed E-state index contributed by atoms with van der Waals surface area (Å²) in [4.78, 5) is 3.12. The lowest BCUT2D eigenvalue weighted by molar-refractivity contribution is 0.577. The van der Waals surface area contributed by atoms with E-state index >= 15 is 0 Å². The van der Waals surface area contributed by atoms with Gasteiger partial charge in [0.25, 0.3) is 0 Å². The van der Waals surface area contributed by atoms with E-state index in [-0.39, 0.29) is 53.4 Å². The molecule has 4 aliphatic rings. The van der Waals surface area contributed by atoms with Crippen LogP contribution in [0.25, 0.3) is 0 Å². The van der Waals surface area contributed by atoms with Crippen LogP contribution in [0.4, 0.5) is 0 Å². The summed E-state index contributed by atoms with van der Waals surface area (Å²) in [6.45, 7) is 26.8. The lowest BCUT2D eigenvalue weighted by Crippen LogP contribution is -2.18. The SMILES string of the molecule is C.C.C.C.C.CC(C)(C)c1ccc2c(c1)CCCC2.CC(C)(C)c1ccc2c(c1)CCCS2.CC(C)(C)c1ccc2c(c1)CCCS2(=O)=O.CC(C)(C)c1ccc2c(c1)CCCS2=O. The second-order valence-corrected chi connectivity index (χ2v) is 25.9. The minimum absolute atomic E-state index is 0. The third-order valence-corrected chi connectivity index (χ3v) is 16.7. The van der Waals surface area contributed by atoms with Crippen LogP contribution in [0.15, 0.2) is 87.5 Å². The van der Waals surface area contributed by atoms with Gasteiger partial charge in [0.15, 0.2) is 9.84 Å². The molecule has 4 aromatic carbocycles. The molecule has 1 unspecified atom stereocenters. The van der Waals surface area contributed by atoms with Crippen LogP contribution < -0.4 is 0 Å². The fourth-order valence-corrected chi connectivity index (χ4v) is 12.0. The van der Waals surface area contributed by atoms with Gasteiger partial charge in [-0.3, -0.25) is 4.21 Å². The highest BCUT2D eigenvalue weighted by molar-refractivity contribution is 7.99. The van der Waals surface area contributed by atoms with Crippen LogP contribution in [0, 0.1) is 0 Å². The molecule has 6 heteroatoms. The molecule has 8 rings (SSSR count). The predicted molar refractivity (Wildman–Crippen MR) is 290 cm³/mol. The Labute approximate surface area is 403 Å². The number of aryl methyl sites for hydroxylation is 5. The van der Waals surface area contributed by atoms with Crippen molar-refractivity contribution < 1.29 is 12.6 Å². The topological polar surface area (TPSA) is 51.2 Å². The minimum atomic E-state index is -3.00. The molecule has 4 aromatic rings. The largest absolute Gasteiger partial charge is 0.254 e. The molecular weight excluding hydrogens is 841 g/mol. The molecule has 0 fully saturated rings. The molecule has 0 amide bonds. The first kappa shape index (κ1) is 61.3. The number of hydrogen-bond acceptors (Lipinski definition) is 4. The molecule has 0 saturated heterocycles. The molecule has 362 valence electrons. The third kappa shape index (κ3) is 16.6. The number of thioether (sulfide) groups is 1. The van der Waals surface area contributed by atoms with Crippen molar-refractivity contribution in [2.24, 2.45) is 0 Å². The number of rotatable bonds is 0. The van der Waals surface area contributed by atoms with Crippen molar-refractivity contribution in [1.82, 2.24) is 0 Å². The Morgan fingerprint density at radius 2 is 0.875 bits per heavy atom. The fraction of sp³-hybridized carbons (Fsp3) is 0.586. The van der Waals surface area contributed by atoms with Gasteiger partial charge < -0.3 is 0 Å². The predicted octanol–water partition coefficient (Wildman–Crippen LogP) is 16.8. The summed E-state index contributed by atoms with van der Waals surface area (Å²) in [5, 5.41) is 0. The molecule has 3 heterocycles. The average Bonchev–Trinajstić information content (AvgIpc) is 3.16. The van der Waals surface area contributed by atoms with Crippen molar-refractivity contribution in [2.75, 3.05) is 17.3 Å². The number of fused-ring (bicyclic) bond motifs is 4. The molecule has 3 aliphatic heterocycles. The molecule has 3 nitrogen and oxygen atoms in total. The maximum atomic E-state index is 11.8. The standard InChI is InChI=1S/C14H20.C13H18O2S.C13H18OS.C13H18S.5CH4/c1-14(2,3)13-9-8-11-6-4-5-7-12(11)10-13;1-13(2,3)11-6-7-12-10(9-11)5-4-8-16(12,14)15;1-13(2,3)11-6-7-12-10(9-11)5-4-8-15(12)14;1-13(2,3)11-6-7-12-10(9-11)5-4-8-14-12;;;;;/h8-10H,4-7H2,1-3H3;6-7,9H,4-5,8H2,1-3H3;6-7,9H,4-5,8H2,1-3H3;6-7,9H,4-5,8H2,1-3H3;5*1H4. The van der Waals surface area contributed by atoms with Gasteiger partial charge in [0, 0.05) is 15.5 Å². The molecule has 0 spiro atoms. The van der Waals surface area contributed by atoms with Gasteiger partial charge in [-0.2, -0.15) is 0 Å². The van der Waals surface area contributed by atoms with E-state index in [9.17, 15) is 12.6 Å². The zero-order valence-electron chi connectivity index (χ0n) is 38.6. The van der Waals surface area contributed by atoms with Gasteiger partial charge in [0.2, 0.25) is 0 Å². The first-order valence-corrected chi connectivity index (χ1v) is 26.2. The van der Waals surface area contributed by atoms with E-state index in [1.165, 1.54) is 77.0 Å². The van der Waals surface area contributed by atoms with E-state index in [0.29, 0.717) is 16.1 Å². The molecule has 64 heavy (non-hydrogen) atoms. The summed E-state index contributed by atoms with van der Waals surface area (Å²) < 4.78 is 35.4. The van der Waals surface area contributed by atoms with Crippen molar-refractivity contribution in [1.29, 1.82) is 0 Å². The van der Waals surface area contributed by atoms with Gasteiger partial charge >= 0.3 is 0 Å². The summed E-state index contributed by atoms with van der Waals surface area (Å²) in [5.74, 6) is 2.43. The summed E-state index contributed by atoms with van der Waals surface area (Å²) >= 11 is 2.01. The Kier molecular flexibility index (Phi) is 23.9. The van der Waals surface area contributed by atoms with Crippen LogP contribution in [0.1, 0.15) is 202 Å². The number of sulfone groups is 1. The normalized spacial score (nSPS) is 17.0. The highest BCUT2D eigenvalue weighted by atomic mass is 32.2. The van der Waals surface area contributed by atoms with Crippen LogP contribution >= 0.6 is 11.8 Å². The molecule has 0 saturated carbocycles. The van der Waals surface area contributed by atoms with Crippen LogP contribution in [0.5, 0.6) is 0 Å². The molecule has 1 aliphatic carbocycles. The van der Waals surface area contributed by atoms with E-state index in [0.717, 1.165) is 41.9 Å². The molecule has 0 bridgehead atoms. The first-order valence-electron chi connectivity index (χ1n) is 22.2. The fourth-order valence-electron chi connectivity index (χ4n) is 8.10. The van der Waals surface area contributed by atoms with Crippen molar-refractivity contribution in [2.45, 2.75) is 221 Å². The van der Waals surface area contributed by atoms with Crippen molar-refractivity contribution in [3.05, 3.63) is 123 Å². The number of benzene rings is 4. The Bertz CT molecular complexity index is 2130. The van der Waals surface area contributed by atoms with Gasteiger partial charge in [-0.15, -0.1) is 11.8 Å². The zero-order valence-corrected chi connectivity index (χ0v) is 41.0. The van der Waals surface area contributed by atoms with Gasteiger partial charge in [-0.25, -0.2) is 8.42 Å². The Balaban J connectivity index is 0.000000807. The van der Waals surface area contributed by atoms with Crippen molar-refractivity contribution >= 4 is 32.4 Å². The monoisotopic (exact) mass is 935 g/mol. The third-order valence-electron chi connectivity index (χ3n) is 12.1. The van der Waals surface area contributed by atoms with Gasteiger partial charge in [-0.1, -0.05) is 175 Å². The minimum Gasteiger partial charge on any atom is -0.254 e. The Morgan fingerprint density at radius 1 is 0.453 bits per heavy atom. The van der Waals surface area contributed by atoms with E-state index < -0.39 is 20.6 Å². The molecule has 0 N–H and O–H groups in total. The van der Waals surface area contributed by atoms with E-state index in [1.54, 1.807) is 22.8 Å². The van der Waals surface area contributed by atoms with Crippen LogP contribution in [-0.2, 0) is 74.4 Å². The lowest BCUT2D eigenvalue weighted by atomic mass is 9.82. The van der Waals surface area contributed by atoms with Crippen LogP contribution in [0.3, 0.4) is 0 Å².